The Kier molecular flexibility index (Phi) is 2.17. The van der Waals surface area contributed by atoms with Gasteiger partial charge in [0.05, 0.1) is 6.10 Å². The highest BCUT2D eigenvalue weighted by atomic mass is 16.3. The van der Waals surface area contributed by atoms with Crippen LogP contribution in [0.4, 0.5) is 0 Å². The Morgan fingerprint density at radius 2 is 1.55 bits per heavy atom. The minimum Gasteiger partial charge on any atom is -0.393 e. The van der Waals surface area contributed by atoms with Crippen LogP contribution in [0.5, 0.6) is 0 Å². The van der Waals surface area contributed by atoms with Crippen LogP contribution in [0, 0.1) is 11.8 Å². The summed E-state index contributed by atoms with van der Waals surface area (Å²) in [5.41, 5.74) is 0. The van der Waals surface area contributed by atoms with E-state index in [0.29, 0.717) is 0 Å². The molecule has 3 atom stereocenters. The molecule has 2 fully saturated rings. The first-order chi connectivity index (χ1) is 5.36. The third-order valence-corrected chi connectivity index (χ3v) is 3.51. The van der Waals surface area contributed by atoms with Crippen molar-refractivity contribution < 1.29 is 5.11 Å². The van der Waals surface area contributed by atoms with E-state index in [2.05, 4.69) is 0 Å². The van der Waals surface area contributed by atoms with Crippen LogP contribution in [0.25, 0.3) is 0 Å². The zero-order chi connectivity index (χ0) is 7.68. The van der Waals surface area contributed by atoms with E-state index in [1.165, 1.54) is 32.1 Å². The maximum absolute atomic E-state index is 9.45. The summed E-state index contributed by atoms with van der Waals surface area (Å²) in [6.45, 7) is 0. The Hall–Kier alpha value is -0.0400. The van der Waals surface area contributed by atoms with Gasteiger partial charge >= 0.3 is 0 Å². The fourth-order valence-electron chi connectivity index (χ4n) is 2.85. The van der Waals surface area contributed by atoms with Gasteiger partial charge in [-0.05, 0) is 31.1 Å². The number of fused-ring (bicyclic) bond motifs is 1. The van der Waals surface area contributed by atoms with Crippen LogP contribution in [0.2, 0.25) is 0 Å². The third kappa shape index (κ3) is 1.58. The predicted octanol–water partition coefficient (Wildman–Crippen LogP) is 2.34. The molecule has 0 aromatic heterocycles. The second kappa shape index (κ2) is 3.14. The Labute approximate surface area is 68.8 Å². The van der Waals surface area contributed by atoms with Crippen molar-refractivity contribution in [1.82, 2.24) is 0 Å². The second-order valence-electron chi connectivity index (χ2n) is 4.27. The van der Waals surface area contributed by atoms with Crippen molar-refractivity contribution in [3.8, 4) is 0 Å². The largest absolute Gasteiger partial charge is 0.393 e. The molecule has 1 nitrogen and oxygen atoms in total. The molecule has 0 heterocycles. The molecule has 1 N–H and O–H groups in total. The fraction of sp³-hybridized carbons (Fsp3) is 1.00. The van der Waals surface area contributed by atoms with Gasteiger partial charge < -0.3 is 5.11 Å². The lowest BCUT2D eigenvalue weighted by Crippen LogP contribution is -2.29. The van der Waals surface area contributed by atoms with Crippen molar-refractivity contribution in [2.24, 2.45) is 11.8 Å². The molecular formula is C10H18O. The van der Waals surface area contributed by atoms with Gasteiger partial charge in [0, 0.05) is 0 Å². The zero-order valence-corrected chi connectivity index (χ0v) is 7.13. The first kappa shape index (κ1) is 7.60. The molecule has 0 aromatic carbocycles. The van der Waals surface area contributed by atoms with Crippen molar-refractivity contribution in [3.63, 3.8) is 0 Å². The molecule has 0 aromatic rings. The molecule has 0 bridgehead atoms. The summed E-state index contributed by atoms with van der Waals surface area (Å²) in [7, 11) is 0. The average Bonchev–Trinajstić information content (AvgIpc) is 2.04. The predicted molar refractivity (Wildman–Crippen MR) is 45.3 cm³/mol. The number of rotatable bonds is 0. The van der Waals surface area contributed by atoms with E-state index in [1.807, 2.05) is 0 Å². The summed E-state index contributed by atoms with van der Waals surface area (Å²) in [6, 6.07) is 0. The highest BCUT2D eigenvalue weighted by Gasteiger charge is 2.30. The van der Waals surface area contributed by atoms with Gasteiger partial charge in [-0.1, -0.05) is 25.7 Å². The van der Waals surface area contributed by atoms with Crippen molar-refractivity contribution in [1.29, 1.82) is 0 Å². The fourth-order valence-corrected chi connectivity index (χ4v) is 2.85. The Balaban J connectivity index is 1.93. The maximum atomic E-state index is 9.45. The smallest absolute Gasteiger partial charge is 0.0543 e. The van der Waals surface area contributed by atoms with E-state index >= 15 is 0 Å². The maximum Gasteiger partial charge on any atom is 0.0543 e. The van der Waals surface area contributed by atoms with Crippen molar-refractivity contribution in [2.45, 2.75) is 51.0 Å². The molecule has 0 unspecified atom stereocenters. The SMILES string of the molecule is O[C@@H]1CC[C@@H]2CCCC[C@H]2C1. The first-order valence-corrected chi connectivity index (χ1v) is 5.04. The standard InChI is InChI=1S/C10H18O/c11-10-6-5-8-3-1-2-4-9(8)7-10/h8-11H,1-7H2/t8-,9-,10+/m0/s1. The second-order valence-corrected chi connectivity index (χ2v) is 4.27. The molecular weight excluding hydrogens is 136 g/mol. The van der Waals surface area contributed by atoms with E-state index in [9.17, 15) is 5.11 Å². The van der Waals surface area contributed by atoms with E-state index in [0.717, 1.165) is 24.7 Å². The molecule has 64 valence electrons. The topological polar surface area (TPSA) is 20.2 Å². The molecule has 11 heavy (non-hydrogen) atoms. The van der Waals surface area contributed by atoms with Gasteiger partial charge in [-0.2, -0.15) is 0 Å². The minimum atomic E-state index is 0.0364. The molecule has 0 aliphatic heterocycles. The average molecular weight is 154 g/mol. The van der Waals surface area contributed by atoms with Crippen molar-refractivity contribution in [2.75, 3.05) is 0 Å². The Bertz CT molecular complexity index is 133. The van der Waals surface area contributed by atoms with Crippen molar-refractivity contribution in [3.05, 3.63) is 0 Å². The lowest BCUT2D eigenvalue weighted by molar-refractivity contribution is 0.0491. The number of hydrogen-bond donors (Lipinski definition) is 1. The van der Waals surface area contributed by atoms with Crippen LogP contribution < -0.4 is 0 Å². The molecule has 0 amide bonds. The third-order valence-electron chi connectivity index (χ3n) is 3.51. The Morgan fingerprint density at radius 3 is 2.36 bits per heavy atom. The first-order valence-electron chi connectivity index (χ1n) is 5.04. The van der Waals surface area contributed by atoms with Gasteiger partial charge in [0.25, 0.3) is 0 Å². The van der Waals surface area contributed by atoms with E-state index in [1.54, 1.807) is 0 Å². The molecule has 0 saturated heterocycles. The van der Waals surface area contributed by atoms with E-state index in [4.69, 9.17) is 0 Å². The van der Waals surface area contributed by atoms with Crippen LogP contribution >= 0.6 is 0 Å². The van der Waals surface area contributed by atoms with Gasteiger partial charge in [-0.15, -0.1) is 0 Å². The highest BCUT2D eigenvalue weighted by Crippen LogP contribution is 2.40. The normalized spacial score (nSPS) is 45.0. The van der Waals surface area contributed by atoms with Gasteiger partial charge in [-0.25, -0.2) is 0 Å². The Morgan fingerprint density at radius 1 is 0.818 bits per heavy atom. The molecule has 2 rings (SSSR count). The lowest BCUT2D eigenvalue weighted by atomic mass is 9.70. The summed E-state index contributed by atoms with van der Waals surface area (Å²) < 4.78 is 0. The summed E-state index contributed by atoms with van der Waals surface area (Å²) in [6.07, 6.45) is 9.19. The van der Waals surface area contributed by atoms with Gasteiger partial charge in [0.1, 0.15) is 0 Å². The molecule has 0 spiro atoms. The lowest BCUT2D eigenvalue weighted by Gasteiger charge is -2.37. The van der Waals surface area contributed by atoms with Crippen LogP contribution in [-0.4, -0.2) is 11.2 Å². The highest BCUT2D eigenvalue weighted by molar-refractivity contribution is 4.82. The summed E-state index contributed by atoms with van der Waals surface area (Å²) >= 11 is 0. The molecule has 2 aliphatic carbocycles. The van der Waals surface area contributed by atoms with Crippen LogP contribution in [-0.2, 0) is 0 Å². The van der Waals surface area contributed by atoms with Gasteiger partial charge in [0.2, 0.25) is 0 Å². The summed E-state index contributed by atoms with van der Waals surface area (Å²) in [5.74, 6) is 1.86. The molecule has 2 aliphatic rings. The van der Waals surface area contributed by atoms with Crippen LogP contribution in [0.15, 0.2) is 0 Å². The van der Waals surface area contributed by atoms with Gasteiger partial charge in [-0.3, -0.25) is 0 Å². The number of hydrogen-bond acceptors (Lipinski definition) is 1. The van der Waals surface area contributed by atoms with Crippen molar-refractivity contribution >= 4 is 0 Å². The van der Waals surface area contributed by atoms with Crippen LogP contribution in [0.1, 0.15) is 44.9 Å². The van der Waals surface area contributed by atoms with Gasteiger partial charge in [0.15, 0.2) is 0 Å². The minimum absolute atomic E-state index is 0.0364. The molecule has 1 heteroatoms. The summed E-state index contributed by atoms with van der Waals surface area (Å²) in [4.78, 5) is 0. The molecule has 0 radical (unpaired) electrons. The zero-order valence-electron chi connectivity index (χ0n) is 7.13. The van der Waals surface area contributed by atoms with E-state index in [-0.39, 0.29) is 6.10 Å². The number of aliphatic hydroxyl groups excluding tert-OH is 1. The monoisotopic (exact) mass is 154 g/mol. The summed E-state index contributed by atoms with van der Waals surface area (Å²) in [5, 5.41) is 9.45. The number of aliphatic hydroxyl groups is 1. The molecule has 2 saturated carbocycles. The van der Waals surface area contributed by atoms with Crippen LogP contribution in [0.3, 0.4) is 0 Å². The van der Waals surface area contributed by atoms with E-state index < -0.39 is 0 Å². The quantitative estimate of drug-likeness (QED) is 0.568.